The normalized spacial score (nSPS) is 12.8. The van der Waals surface area contributed by atoms with Gasteiger partial charge in [0, 0.05) is 23.1 Å². The lowest BCUT2D eigenvalue weighted by Gasteiger charge is -2.25. The third-order valence-electron chi connectivity index (χ3n) is 4.38. The quantitative estimate of drug-likeness (QED) is 0.675. The van der Waals surface area contributed by atoms with Crippen molar-refractivity contribution in [2.45, 2.75) is 38.6 Å². The number of nitrogens with two attached hydrogens (primary N) is 1. The summed E-state index contributed by atoms with van der Waals surface area (Å²) in [5, 5.41) is 2.04. The number of carbonyl (C=O) groups is 1. The molecular weight excluding hydrogens is 348 g/mol. The van der Waals surface area contributed by atoms with Gasteiger partial charge in [0.05, 0.1) is 6.54 Å². The summed E-state index contributed by atoms with van der Waals surface area (Å²) < 4.78 is 11.3. The minimum atomic E-state index is 0.142. The van der Waals surface area contributed by atoms with Crippen LogP contribution in [0.2, 0.25) is 0 Å². The molecule has 26 heavy (non-hydrogen) atoms. The van der Waals surface area contributed by atoms with Crippen LogP contribution in [0.1, 0.15) is 37.0 Å². The first-order valence-corrected chi connectivity index (χ1v) is 10.1. The Bertz CT molecular complexity index is 703. The molecule has 2 N–H and O–H groups in total. The average Bonchev–Trinajstić information content (AvgIpc) is 3.18. The SMILES string of the molecule is NCCCCCCC(=O)N(Cc1cccs1)c1ccc2c(c1)OCCO2. The number of unbranched alkanes of at least 4 members (excludes halogenated alkanes) is 3. The molecule has 1 aromatic heterocycles. The lowest BCUT2D eigenvalue weighted by atomic mass is 10.1. The van der Waals surface area contributed by atoms with Gasteiger partial charge in [0.25, 0.3) is 0 Å². The maximum Gasteiger partial charge on any atom is 0.227 e. The Labute approximate surface area is 158 Å². The van der Waals surface area contributed by atoms with Crippen molar-refractivity contribution in [1.82, 2.24) is 0 Å². The molecule has 1 aliphatic rings. The zero-order chi connectivity index (χ0) is 18.2. The molecule has 5 nitrogen and oxygen atoms in total. The van der Waals surface area contributed by atoms with Crippen molar-refractivity contribution < 1.29 is 14.3 Å². The molecule has 0 atom stereocenters. The fourth-order valence-corrected chi connectivity index (χ4v) is 3.68. The molecule has 1 aromatic carbocycles. The molecule has 6 heteroatoms. The van der Waals surface area contributed by atoms with E-state index in [4.69, 9.17) is 15.2 Å². The summed E-state index contributed by atoms with van der Waals surface area (Å²) in [4.78, 5) is 15.9. The van der Waals surface area contributed by atoms with Crippen LogP contribution in [0.5, 0.6) is 11.5 Å². The van der Waals surface area contributed by atoms with Gasteiger partial charge in [-0.15, -0.1) is 11.3 Å². The molecule has 0 saturated carbocycles. The number of fused-ring (bicyclic) bond motifs is 1. The number of carbonyl (C=O) groups excluding carboxylic acids is 1. The van der Waals surface area contributed by atoms with E-state index in [1.54, 1.807) is 11.3 Å². The van der Waals surface area contributed by atoms with E-state index >= 15 is 0 Å². The molecular formula is C20H26N2O3S. The van der Waals surface area contributed by atoms with Gasteiger partial charge in [-0.3, -0.25) is 4.79 Å². The van der Waals surface area contributed by atoms with Crippen LogP contribution in [0.25, 0.3) is 0 Å². The Balaban J connectivity index is 1.71. The summed E-state index contributed by atoms with van der Waals surface area (Å²) in [6.45, 7) is 2.40. The predicted octanol–water partition coefficient (Wildman–Crippen LogP) is 3.96. The zero-order valence-corrected chi connectivity index (χ0v) is 15.8. The molecule has 2 heterocycles. The molecule has 1 amide bonds. The second-order valence-corrected chi connectivity index (χ2v) is 7.37. The summed E-state index contributed by atoms with van der Waals surface area (Å²) in [5.74, 6) is 1.59. The van der Waals surface area contributed by atoms with Crippen LogP contribution in [0.4, 0.5) is 5.69 Å². The number of hydrogen-bond donors (Lipinski definition) is 1. The van der Waals surface area contributed by atoms with Gasteiger partial charge < -0.3 is 20.1 Å². The standard InChI is InChI=1S/C20H26N2O3S/c21-10-4-2-1-3-7-20(23)22(15-17-6-5-13-26-17)16-8-9-18-19(14-16)25-12-11-24-18/h5-6,8-9,13-14H,1-4,7,10-12,15,21H2. The molecule has 0 spiro atoms. The van der Waals surface area contributed by atoms with Gasteiger partial charge in [-0.2, -0.15) is 0 Å². The first-order chi connectivity index (χ1) is 12.8. The van der Waals surface area contributed by atoms with E-state index < -0.39 is 0 Å². The van der Waals surface area contributed by atoms with Gasteiger partial charge in [0.15, 0.2) is 11.5 Å². The summed E-state index contributed by atoms with van der Waals surface area (Å²) >= 11 is 1.66. The van der Waals surface area contributed by atoms with Crippen LogP contribution < -0.4 is 20.1 Å². The van der Waals surface area contributed by atoms with Crippen LogP contribution in [-0.2, 0) is 11.3 Å². The number of ether oxygens (including phenoxy) is 2. The van der Waals surface area contributed by atoms with Gasteiger partial charge >= 0.3 is 0 Å². The molecule has 0 aliphatic carbocycles. The van der Waals surface area contributed by atoms with Crippen molar-refractivity contribution in [2.75, 3.05) is 24.7 Å². The lowest BCUT2D eigenvalue weighted by molar-refractivity contribution is -0.118. The molecule has 140 valence electrons. The number of hydrogen-bond acceptors (Lipinski definition) is 5. The minimum Gasteiger partial charge on any atom is -0.486 e. The maximum absolute atomic E-state index is 12.9. The van der Waals surface area contributed by atoms with Gasteiger partial charge in [-0.05, 0) is 43.0 Å². The smallest absolute Gasteiger partial charge is 0.227 e. The first kappa shape index (κ1) is 18.7. The minimum absolute atomic E-state index is 0.142. The highest BCUT2D eigenvalue weighted by atomic mass is 32.1. The van der Waals surface area contributed by atoms with Gasteiger partial charge in [-0.1, -0.05) is 18.9 Å². The Morgan fingerprint density at radius 1 is 1.08 bits per heavy atom. The summed E-state index contributed by atoms with van der Waals surface area (Å²) in [6, 6.07) is 9.81. The van der Waals surface area contributed by atoms with Crippen LogP contribution in [0.3, 0.4) is 0 Å². The van der Waals surface area contributed by atoms with Crippen molar-refractivity contribution in [3.8, 4) is 11.5 Å². The van der Waals surface area contributed by atoms with Crippen LogP contribution >= 0.6 is 11.3 Å². The van der Waals surface area contributed by atoms with E-state index in [9.17, 15) is 4.79 Å². The lowest BCUT2D eigenvalue weighted by Crippen LogP contribution is -2.30. The molecule has 0 saturated heterocycles. The molecule has 0 bridgehead atoms. The second kappa shape index (κ2) is 9.59. The van der Waals surface area contributed by atoms with Gasteiger partial charge in [-0.25, -0.2) is 0 Å². The fraction of sp³-hybridized carbons (Fsp3) is 0.450. The molecule has 0 unspecified atom stereocenters. The van der Waals surface area contributed by atoms with E-state index in [0.717, 1.165) is 48.5 Å². The number of anilines is 1. The summed E-state index contributed by atoms with van der Waals surface area (Å²) in [7, 11) is 0. The van der Waals surface area contributed by atoms with E-state index in [1.165, 1.54) is 0 Å². The molecule has 3 rings (SSSR count). The monoisotopic (exact) mass is 374 g/mol. The fourth-order valence-electron chi connectivity index (χ4n) is 2.99. The Kier molecular flexibility index (Phi) is 6.91. The van der Waals surface area contributed by atoms with Crippen molar-refractivity contribution >= 4 is 22.9 Å². The molecule has 0 fully saturated rings. The highest BCUT2D eigenvalue weighted by molar-refractivity contribution is 7.09. The van der Waals surface area contributed by atoms with Gasteiger partial charge in [0.1, 0.15) is 13.2 Å². The summed E-state index contributed by atoms with van der Waals surface area (Å²) in [6.07, 6.45) is 4.58. The van der Waals surface area contributed by atoms with Crippen LogP contribution in [0.15, 0.2) is 35.7 Å². The van der Waals surface area contributed by atoms with Gasteiger partial charge in [0.2, 0.25) is 5.91 Å². The highest BCUT2D eigenvalue weighted by Gasteiger charge is 2.20. The van der Waals surface area contributed by atoms with Crippen LogP contribution in [-0.4, -0.2) is 25.7 Å². The van der Waals surface area contributed by atoms with E-state index in [2.05, 4.69) is 6.07 Å². The average molecular weight is 375 g/mol. The molecule has 0 radical (unpaired) electrons. The largest absolute Gasteiger partial charge is 0.486 e. The Morgan fingerprint density at radius 2 is 1.88 bits per heavy atom. The zero-order valence-electron chi connectivity index (χ0n) is 15.0. The van der Waals surface area contributed by atoms with Crippen molar-refractivity contribution in [3.05, 3.63) is 40.6 Å². The van der Waals surface area contributed by atoms with E-state index in [0.29, 0.717) is 31.9 Å². The number of rotatable bonds is 9. The molecule has 1 aliphatic heterocycles. The summed E-state index contributed by atoms with van der Waals surface area (Å²) in [5.41, 5.74) is 6.39. The van der Waals surface area contributed by atoms with E-state index in [-0.39, 0.29) is 5.91 Å². The molecule has 2 aromatic rings. The highest BCUT2D eigenvalue weighted by Crippen LogP contribution is 2.35. The number of amides is 1. The number of nitrogens with zero attached hydrogens (tertiary/aromatic N) is 1. The second-order valence-electron chi connectivity index (χ2n) is 6.34. The number of thiophene rings is 1. The van der Waals surface area contributed by atoms with Crippen molar-refractivity contribution in [1.29, 1.82) is 0 Å². The Morgan fingerprint density at radius 3 is 2.65 bits per heavy atom. The van der Waals surface area contributed by atoms with Crippen molar-refractivity contribution in [2.24, 2.45) is 5.73 Å². The first-order valence-electron chi connectivity index (χ1n) is 9.20. The van der Waals surface area contributed by atoms with E-state index in [1.807, 2.05) is 34.5 Å². The number of benzene rings is 1. The van der Waals surface area contributed by atoms with Crippen LogP contribution in [0, 0.1) is 0 Å². The van der Waals surface area contributed by atoms with Crippen molar-refractivity contribution in [3.63, 3.8) is 0 Å². The third-order valence-corrected chi connectivity index (χ3v) is 5.24. The third kappa shape index (κ3) is 4.99. The predicted molar refractivity (Wildman–Crippen MR) is 105 cm³/mol. The maximum atomic E-state index is 12.9. The Hall–Kier alpha value is -2.05. The topological polar surface area (TPSA) is 64.8 Å².